The quantitative estimate of drug-likeness (QED) is 0.780. The smallest absolute Gasteiger partial charge is 0.140 e. The van der Waals surface area contributed by atoms with E-state index in [9.17, 15) is 4.79 Å². The van der Waals surface area contributed by atoms with Gasteiger partial charge in [0.15, 0.2) is 0 Å². The molecule has 1 heteroatoms. The third-order valence-electron chi connectivity index (χ3n) is 3.97. The Labute approximate surface area is 115 Å². The summed E-state index contributed by atoms with van der Waals surface area (Å²) in [5.41, 5.74) is 1.15. The molecule has 0 saturated heterocycles. The van der Waals surface area contributed by atoms with Crippen LogP contribution in [-0.4, -0.2) is 5.78 Å². The predicted octanol–water partition coefficient (Wildman–Crippen LogP) is 4.63. The third kappa shape index (κ3) is 3.23. The number of hydrogen-bond donors (Lipinski definition) is 0. The summed E-state index contributed by atoms with van der Waals surface area (Å²) in [6, 6.07) is 14.5. The number of Topliss-reactive ketones (excluding diaryl/α,β-unsaturated/α-hetero) is 1. The standard InChI is InChI=1S/C18H22O/c1-13(18(2,3)4)17(19)12-14-9-10-15-7-5-6-8-16(15)11-14/h5-11,13H,12H2,1-4H3. The Morgan fingerprint density at radius 3 is 2.32 bits per heavy atom. The third-order valence-corrected chi connectivity index (χ3v) is 3.97. The molecule has 1 unspecified atom stereocenters. The maximum absolute atomic E-state index is 12.3. The zero-order valence-electron chi connectivity index (χ0n) is 12.2. The van der Waals surface area contributed by atoms with Crippen molar-refractivity contribution in [2.24, 2.45) is 11.3 Å². The van der Waals surface area contributed by atoms with Gasteiger partial charge in [0.25, 0.3) is 0 Å². The lowest BCUT2D eigenvalue weighted by Gasteiger charge is -2.25. The summed E-state index contributed by atoms with van der Waals surface area (Å²) >= 11 is 0. The van der Waals surface area contributed by atoms with Gasteiger partial charge in [-0.05, 0) is 21.8 Å². The van der Waals surface area contributed by atoms with Gasteiger partial charge in [-0.25, -0.2) is 0 Å². The van der Waals surface area contributed by atoms with E-state index in [2.05, 4.69) is 51.1 Å². The lowest BCUT2D eigenvalue weighted by Crippen LogP contribution is -2.27. The minimum atomic E-state index is 0.0356. The van der Waals surface area contributed by atoms with E-state index in [1.54, 1.807) is 0 Å². The van der Waals surface area contributed by atoms with Crippen LogP contribution in [0, 0.1) is 11.3 Å². The Hall–Kier alpha value is -1.63. The van der Waals surface area contributed by atoms with E-state index < -0.39 is 0 Å². The molecule has 0 radical (unpaired) electrons. The van der Waals surface area contributed by atoms with Crippen molar-refractivity contribution in [1.82, 2.24) is 0 Å². The second-order valence-electron chi connectivity index (χ2n) is 6.41. The van der Waals surface area contributed by atoms with Gasteiger partial charge in [0.2, 0.25) is 0 Å². The summed E-state index contributed by atoms with van der Waals surface area (Å²) in [6.07, 6.45) is 0.531. The highest BCUT2D eigenvalue weighted by Gasteiger charge is 2.26. The van der Waals surface area contributed by atoms with Crippen molar-refractivity contribution in [3.63, 3.8) is 0 Å². The highest BCUT2D eigenvalue weighted by molar-refractivity contribution is 5.87. The summed E-state index contributed by atoms with van der Waals surface area (Å²) in [4.78, 5) is 12.3. The molecule has 0 aromatic heterocycles. The number of ketones is 1. The molecule has 0 heterocycles. The number of hydrogen-bond acceptors (Lipinski definition) is 1. The van der Waals surface area contributed by atoms with Crippen LogP contribution in [0.3, 0.4) is 0 Å². The molecule has 1 atom stereocenters. The Kier molecular flexibility index (Phi) is 3.75. The number of fused-ring (bicyclic) bond motifs is 1. The molecular formula is C18H22O. The molecule has 0 bridgehead atoms. The van der Waals surface area contributed by atoms with Crippen LogP contribution in [0.15, 0.2) is 42.5 Å². The lowest BCUT2D eigenvalue weighted by atomic mass is 9.78. The van der Waals surface area contributed by atoms with Crippen molar-refractivity contribution in [3.05, 3.63) is 48.0 Å². The molecule has 0 aliphatic rings. The summed E-state index contributed by atoms with van der Waals surface area (Å²) in [5.74, 6) is 0.404. The molecule has 0 aliphatic carbocycles. The molecule has 0 saturated carbocycles. The molecule has 0 spiro atoms. The highest BCUT2D eigenvalue weighted by Crippen LogP contribution is 2.27. The van der Waals surface area contributed by atoms with Crippen LogP contribution in [0.1, 0.15) is 33.3 Å². The Morgan fingerprint density at radius 2 is 1.68 bits per heavy atom. The molecule has 2 rings (SSSR count). The van der Waals surface area contributed by atoms with E-state index in [0.717, 1.165) is 5.56 Å². The van der Waals surface area contributed by atoms with Crippen molar-refractivity contribution in [3.8, 4) is 0 Å². The second kappa shape index (κ2) is 5.16. The van der Waals surface area contributed by atoms with Crippen LogP contribution in [-0.2, 0) is 11.2 Å². The Bertz CT molecular complexity index is 590. The van der Waals surface area contributed by atoms with Crippen LogP contribution < -0.4 is 0 Å². The highest BCUT2D eigenvalue weighted by atomic mass is 16.1. The Balaban J connectivity index is 2.20. The summed E-state index contributed by atoms with van der Waals surface area (Å²) in [5, 5.41) is 2.43. The fourth-order valence-electron chi connectivity index (χ4n) is 2.19. The molecule has 19 heavy (non-hydrogen) atoms. The van der Waals surface area contributed by atoms with Gasteiger partial charge in [0.1, 0.15) is 5.78 Å². The van der Waals surface area contributed by atoms with Crippen molar-refractivity contribution >= 4 is 16.6 Å². The topological polar surface area (TPSA) is 17.1 Å². The van der Waals surface area contributed by atoms with Crippen LogP contribution in [0.25, 0.3) is 10.8 Å². The Morgan fingerprint density at radius 1 is 1.05 bits per heavy atom. The van der Waals surface area contributed by atoms with Gasteiger partial charge < -0.3 is 0 Å². The van der Waals surface area contributed by atoms with Gasteiger partial charge in [0.05, 0.1) is 0 Å². The molecule has 2 aromatic rings. The monoisotopic (exact) mass is 254 g/mol. The van der Waals surface area contributed by atoms with Crippen molar-refractivity contribution in [2.45, 2.75) is 34.1 Å². The average molecular weight is 254 g/mol. The molecule has 1 nitrogen and oxygen atoms in total. The van der Waals surface area contributed by atoms with E-state index in [-0.39, 0.29) is 11.3 Å². The second-order valence-corrected chi connectivity index (χ2v) is 6.41. The molecule has 0 N–H and O–H groups in total. The van der Waals surface area contributed by atoms with Crippen LogP contribution >= 0.6 is 0 Å². The van der Waals surface area contributed by atoms with Gasteiger partial charge in [-0.15, -0.1) is 0 Å². The van der Waals surface area contributed by atoms with E-state index in [1.807, 2.05) is 19.1 Å². The van der Waals surface area contributed by atoms with Gasteiger partial charge >= 0.3 is 0 Å². The maximum Gasteiger partial charge on any atom is 0.140 e. The van der Waals surface area contributed by atoms with Gasteiger partial charge in [-0.3, -0.25) is 4.79 Å². The largest absolute Gasteiger partial charge is 0.299 e. The first-order chi connectivity index (χ1) is 8.88. The zero-order valence-corrected chi connectivity index (χ0v) is 12.2. The van der Waals surface area contributed by atoms with Crippen molar-refractivity contribution in [1.29, 1.82) is 0 Å². The molecule has 2 aromatic carbocycles. The van der Waals surface area contributed by atoms with Gasteiger partial charge in [-0.1, -0.05) is 70.2 Å². The molecule has 0 aliphatic heterocycles. The first-order valence-electron chi connectivity index (χ1n) is 6.88. The number of benzene rings is 2. The minimum Gasteiger partial charge on any atom is -0.299 e. The lowest BCUT2D eigenvalue weighted by molar-refractivity contribution is -0.124. The average Bonchev–Trinajstić information content (AvgIpc) is 2.36. The number of carbonyl (C=O) groups is 1. The molecule has 100 valence electrons. The van der Waals surface area contributed by atoms with E-state index in [1.165, 1.54) is 10.8 Å². The first kappa shape index (κ1) is 13.8. The fourth-order valence-corrected chi connectivity index (χ4v) is 2.19. The first-order valence-corrected chi connectivity index (χ1v) is 6.88. The van der Waals surface area contributed by atoms with Crippen molar-refractivity contribution < 1.29 is 4.79 Å². The van der Waals surface area contributed by atoms with E-state index in [0.29, 0.717) is 12.2 Å². The summed E-state index contributed by atoms with van der Waals surface area (Å²) in [7, 11) is 0. The van der Waals surface area contributed by atoms with Crippen LogP contribution in [0.5, 0.6) is 0 Å². The number of rotatable bonds is 3. The summed E-state index contributed by atoms with van der Waals surface area (Å²) < 4.78 is 0. The van der Waals surface area contributed by atoms with Gasteiger partial charge in [-0.2, -0.15) is 0 Å². The minimum absolute atomic E-state index is 0.0356. The molecular weight excluding hydrogens is 232 g/mol. The van der Waals surface area contributed by atoms with Gasteiger partial charge in [0, 0.05) is 12.3 Å². The van der Waals surface area contributed by atoms with Crippen LogP contribution in [0.2, 0.25) is 0 Å². The number of carbonyl (C=O) groups excluding carboxylic acids is 1. The van der Waals surface area contributed by atoms with Crippen LogP contribution in [0.4, 0.5) is 0 Å². The van der Waals surface area contributed by atoms with E-state index in [4.69, 9.17) is 0 Å². The van der Waals surface area contributed by atoms with Crippen molar-refractivity contribution in [2.75, 3.05) is 0 Å². The van der Waals surface area contributed by atoms with E-state index >= 15 is 0 Å². The predicted molar refractivity (Wildman–Crippen MR) is 81.3 cm³/mol. The summed E-state index contributed by atoms with van der Waals surface area (Å²) in [6.45, 7) is 8.39. The fraction of sp³-hybridized carbons (Fsp3) is 0.389. The molecule has 0 amide bonds. The SMILES string of the molecule is CC(C(=O)Cc1ccc2ccccc2c1)C(C)(C)C. The molecule has 0 fully saturated rings. The maximum atomic E-state index is 12.3. The zero-order chi connectivity index (χ0) is 14.0. The normalized spacial score (nSPS) is 13.5.